The number of anilines is 1. The van der Waals surface area contributed by atoms with E-state index < -0.39 is 16.0 Å². The molecule has 21 heavy (non-hydrogen) atoms. The van der Waals surface area contributed by atoms with Gasteiger partial charge in [-0.15, -0.1) is 11.3 Å². The van der Waals surface area contributed by atoms with Crippen molar-refractivity contribution in [3.05, 3.63) is 40.4 Å². The second-order valence-electron chi connectivity index (χ2n) is 4.48. The molecule has 0 radical (unpaired) electrons. The summed E-state index contributed by atoms with van der Waals surface area (Å²) in [5.41, 5.74) is 1.33. The molecule has 0 atom stereocenters. The molecule has 0 saturated carbocycles. The van der Waals surface area contributed by atoms with Crippen LogP contribution < -0.4 is 4.72 Å². The van der Waals surface area contributed by atoms with E-state index in [1.807, 2.05) is 13.8 Å². The monoisotopic (exact) mass is 326 g/mol. The summed E-state index contributed by atoms with van der Waals surface area (Å²) in [6.07, 6.45) is -0.140. The van der Waals surface area contributed by atoms with Crippen LogP contribution in [-0.4, -0.2) is 24.5 Å². The van der Waals surface area contributed by atoms with Gasteiger partial charge in [0.25, 0.3) is 10.0 Å². The van der Waals surface area contributed by atoms with Gasteiger partial charge in [-0.25, -0.2) is 13.4 Å². The first kappa shape index (κ1) is 15.5. The van der Waals surface area contributed by atoms with Crippen molar-refractivity contribution < 1.29 is 18.3 Å². The number of nitrogens with one attached hydrogen (secondary N) is 1. The summed E-state index contributed by atoms with van der Waals surface area (Å²) in [6, 6.07) is 5.74. The van der Waals surface area contributed by atoms with Crippen molar-refractivity contribution in [3.63, 3.8) is 0 Å². The van der Waals surface area contributed by atoms with Crippen LogP contribution in [0, 0.1) is 13.8 Å². The number of carbonyl (C=O) groups is 1. The Morgan fingerprint density at radius 2 is 1.90 bits per heavy atom. The fourth-order valence-electron chi connectivity index (χ4n) is 1.65. The molecule has 2 aromatic rings. The maximum atomic E-state index is 12.2. The van der Waals surface area contributed by atoms with Gasteiger partial charge in [-0.05, 0) is 31.5 Å². The number of benzene rings is 1. The SMILES string of the molecule is Cc1nc(NS(=O)(=O)c2ccc(CC(=O)O)cc2)sc1C. The molecule has 0 aliphatic rings. The van der Waals surface area contributed by atoms with Crippen LogP contribution >= 0.6 is 11.3 Å². The first-order valence-electron chi connectivity index (χ1n) is 6.05. The molecule has 0 fully saturated rings. The Kier molecular flexibility index (Phi) is 4.29. The highest BCUT2D eigenvalue weighted by molar-refractivity contribution is 7.93. The zero-order chi connectivity index (χ0) is 15.6. The highest BCUT2D eigenvalue weighted by atomic mass is 32.2. The van der Waals surface area contributed by atoms with E-state index in [1.54, 1.807) is 0 Å². The Balaban J connectivity index is 2.21. The van der Waals surface area contributed by atoms with Crippen LogP contribution in [0.1, 0.15) is 16.1 Å². The number of nitrogens with zero attached hydrogens (tertiary/aromatic N) is 1. The number of aromatic nitrogens is 1. The van der Waals surface area contributed by atoms with E-state index in [1.165, 1.54) is 35.6 Å². The molecule has 1 aromatic heterocycles. The molecule has 1 aromatic carbocycles. The fraction of sp³-hybridized carbons (Fsp3) is 0.231. The molecule has 0 unspecified atom stereocenters. The van der Waals surface area contributed by atoms with E-state index in [4.69, 9.17) is 5.11 Å². The zero-order valence-electron chi connectivity index (χ0n) is 11.5. The molecule has 0 spiro atoms. The maximum absolute atomic E-state index is 12.2. The Bertz CT molecular complexity index is 744. The quantitative estimate of drug-likeness (QED) is 0.878. The predicted octanol–water partition coefficient (Wildman–Crippen LogP) is 2.19. The van der Waals surface area contributed by atoms with E-state index in [9.17, 15) is 13.2 Å². The molecule has 8 heteroatoms. The van der Waals surface area contributed by atoms with Crippen molar-refractivity contribution in [3.8, 4) is 0 Å². The number of rotatable bonds is 5. The van der Waals surface area contributed by atoms with Crippen LogP contribution in [0.4, 0.5) is 5.13 Å². The van der Waals surface area contributed by atoms with E-state index >= 15 is 0 Å². The molecule has 0 saturated heterocycles. The first-order valence-corrected chi connectivity index (χ1v) is 8.35. The molecule has 2 N–H and O–H groups in total. The van der Waals surface area contributed by atoms with Gasteiger partial charge in [0.2, 0.25) is 0 Å². The van der Waals surface area contributed by atoms with Crippen LogP contribution in [0.3, 0.4) is 0 Å². The molecular formula is C13H14N2O4S2. The lowest BCUT2D eigenvalue weighted by molar-refractivity contribution is -0.136. The van der Waals surface area contributed by atoms with E-state index in [2.05, 4.69) is 9.71 Å². The van der Waals surface area contributed by atoms with Crippen LogP contribution in [0.15, 0.2) is 29.2 Å². The van der Waals surface area contributed by atoms with E-state index in [-0.39, 0.29) is 11.3 Å². The van der Waals surface area contributed by atoms with Gasteiger partial charge in [0.15, 0.2) is 5.13 Å². The van der Waals surface area contributed by atoms with Crippen molar-refractivity contribution in [1.82, 2.24) is 4.98 Å². The van der Waals surface area contributed by atoms with Gasteiger partial charge in [-0.2, -0.15) is 0 Å². The number of aliphatic carboxylic acids is 1. The van der Waals surface area contributed by atoms with Gasteiger partial charge >= 0.3 is 5.97 Å². The lowest BCUT2D eigenvalue weighted by atomic mass is 10.2. The average molecular weight is 326 g/mol. The van der Waals surface area contributed by atoms with Crippen molar-refractivity contribution >= 4 is 32.5 Å². The summed E-state index contributed by atoms with van der Waals surface area (Å²) in [6.45, 7) is 3.68. The number of sulfonamides is 1. The fourth-order valence-corrected chi connectivity index (χ4v) is 3.70. The third-order valence-corrected chi connectivity index (χ3v) is 5.31. The number of carboxylic acids is 1. The lowest BCUT2D eigenvalue weighted by Gasteiger charge is -2.05. The molecule has 0 aliphatic carbocycles. The Morgan fingerprint density at radius 3 is 2.38 bits per heavy atom. The largest absolute Gasteiger partial charge is 0.481 e. The number of carboxylic acid groups (broad SMARTS) is 1. The van der Waals surface area contributed by atoms with E-state index in [0.29, 0.717) is 10.7 Å². The standard InChI is InChI=1S/C13H14N2O4S2/c1-8-9(2)20-13(14-8)15-21(18,19)11-5-3-10(4-6-11)7-12(16)17/h3-6H,7H2,1-2H3,(H,14,15)(H,16,17). The molecule has 6 nitrogen and oxygen atoms in total. The van der Waals surface area contributed by atoms with Gasteiger partial charge in [-0.3, -0.25) is 9.52 Å². The smallest absolute Gasteiger partial charge is 0.307 e. The van der Waals surface area contributed by atoms with Gasteiger partial charge in [0.05, 0.1) is 17.0 Å². The molecule has 0 bridgehead atoms. The highest BCUT2D eigenvalue weighted by Gasteiger charge is 2.16. The van der Waals surface area contributed by atoms with Crippen molar-refractivity contribution in [2.24, 2.45) is 0 Å². The predicted molar refractivity (Wildman–Crippen MR) is 80.2 cm³/mol. The minimum Gasteiger partial charge on any atom is -0.481 e. The van der Waals surface area contributed by atoms with Crippen LogP contribution in [0.5, 0.6) is 0 Å². The second-order valence-corrected chi connectivity index (χ2v) is 7.37. The molecule has 2 rings (SSSR count). The van der Waals surface area contributed by atoms with Crippen LogP contribution in [0.2, 0.25) is 0 Å². The summed E-state index contributed by atoms with van der Waals surface area (Å²) < 4.78 is 26.8. The van der Waals surface area contributed by atoms with Gasteiger partial charge in [0.1, 0.15) is 0 Å². The number of hydrogen-bond donors (Lipinski definition) is 2. The summed E-state index contributed by atoms with van der Waals surface area (Å²) in [5.74, 6) is -0.961. The van der Waals surface area contributed by atoms with Crippen molar-refractivity contribution in [2.45, 2.75) is 25.2 Å². The lowest BCUT2D eigenvalue weighted by Crippen LogP contribution is -2.13. The van der Waals surface area contributed by atoms with Crippen molar-refractivity contribution in [2.75, 3.05) is 4.72 Å². The number of thiazole rings is 1. The van der Waals surface area contributed by atoms with Gasteiger partial charge < -0.3 is 5.11 Å². The second kappa shape index (κ2) is 5.82. The topological polar surface area (TPSA) is 96.4 Å². The van der Waals surface area contributed by atoms with Crippen LogP contribution in [0.25, 0.3) is 0 Å². The Hall–Kier alpha value is -1.93. The molecule has 112 valence electrons. The average Bonchev–Trinajstić information content (AvgIpc) is 2.67. The van der Waals surface area contributed by atoms with E-state index in [0.717, 1.165) is 10.6 Å². The minimum atomic E-state index is -3.71. The highest BCUT2D eigenvalue weighted by Crippen LogP contribution is 2.24. The molecular weight excluding hydrogens is 312 g/mol. The normalized spacial score (nSPS) is 11.3. The molecule has 0 amide bonds. The molecule has 1 heterocycles. The Labute approximate surface area is 126 Å². The van der Waals surface area contributed by atoms with Crippen LogP contribution in [-0.2, 0) is 21.2 Å². The maximum Gasteiger partial charge on any atom is 0.307 e. The summed E-state index contributed by atoms with van der Waals surface area (Å²) in [7, 11) is -3.71. The summed E-state index contributed by atoms with van der Waals surface area (Å²) in [5, 5.41) is 9.00. The van der Waals surface area contributed by atoms with Gasteiger partial charge in [0, 0.05) is 4.88 Å². The number of hydrogen-bond acceptors (Lipinski definition) is 5. The van der Waals surface area contributed by atoms with Gasteiger partial charge in [-0.1, -0.05) is 12.1 Å². The third-order valence-electron chi connectivity index (χ3n) is 2.84. The summed E-state index contributed by atoms with van der Waals surface area (Å²) >= 11 is 1.27. The zero-order valence-corrected chi connectivity index (χ0v) is 13.1. The third kappa shape index (κ3) is 3.79. The minimum absolute atomic E-state index is 0.0714. The van der Waals surface area contributed by atoms with Crippen molar-refractivity contribution in [1.29, 1.82) is 0 Å². The molecule has 0 aliphatic heterocycles. The Morgan fingerprint density at radius 1 is 1.29 bits per heavy atom. The first-order chi connectivity index (χ1) is 9.78. The number of aryl methyl sites for hydroxylation is 2. The summed E-state index contributed by atoms with van der Waals surface area (Å²) in [4.78, 5) is 15.7.